The lowest BCUT2D eigenvalue weighted by Gasteiger charge is -2.17. The smallest absolute Gasteiger partial charge is 0.308 e. The topological polar surface area (TPSA) is 62.5 Å². The van der Waals surface area contributed by atoms with Crippen molar-refractivity contribution in [2.24, 2.45) is 11.8 Å². The molecule has 1 aromatic carbocycles. The van der Waals surface area contributed by atoms with Gasteiger partial charge in [-0.1, -0.05) is 25.1 Å². The summed E-state index contributed by atoms with van der Waals surface area (Å²) in [6.45, 7) is 4.91. The molecule has 3 rings (SSSR count). The van der Waals surface area contributed by atoms with Gasteiger partial charge in [0.1, 0.15) is 6.54 Å². The Labute approximate surface area is 143 Å². The Balaban J connectivity index is 1.85. The van der Waals surface area contributed by atoms with Crippen LogP contribution >= 0.6 is 15.9 Å². The maximum Gasteiger partial charge on any atom is 0.308 e. The zero-order valence-electron chi connectivity index (χ0n) is 13.1. The Morgan fingerprint density at radius 1 is 1.30 bits per heavy atom. The average molecular weight is 379 g/mol. The normalized spacial score (nSPS) is 21.1. The van der Waals surface area contributed by atoms with Crippen LogP contribution in [0.3, 0.4) is 0 Å². The van der Waals surface area contributed by atoms with E-state index in [0.29, 0.717) is 13.1 Å². The summed E-state index contributed by atoms with van der Waals surface area (Å²) >= 11 is 3.59. The maximum atomic E-state index is 12.6. The molecule has 0 spiro atoms. The first-order valence-electron chi connectivity index (χ1n) is 7.64. The summed E-state index contributed by atoms with van der Waals surface area (Å²) in [6.07, 6.45) is 0. The van der Waals surface area contributed by atoms with E-state index in [2.05, 4.69) is 15.9 Å². The number of rotatable bonds is 3. The van der Waals surface area contributed by atoms with Crippen molar-refractivity contribution in [3.63, 3.8) is 0 Å². The number of carbonyl (C=O) groups is 2. The SMILES string of the molecule is Cc1c(Br)c2ccccc2n1CC(=O)N1C[C@@H](C)[C@H](C(=O)O)C1. The second kappa shape index (κ2) is 6.00. The molecule has 0 unspecified atom stereocenters. The van der Waals surface area contributed by atoms with Crippen molar-refractivity contribution in [2.45, 2.75) is 20.4 Å². The summed E-state index contributed by atoms with van der Waals surface area (Å²) in [5, 5.41) is 10.3. The molecule has 1 N–H and O–H groups in total. The second-order valence-corrected chi connectivity index (χ2v) is 7.02. The predicted molar refractivity (Wildman–Crippen MR) is 91.2 cm³/mol. The van der Waals surface area contributed by atoms with Crippen molar-refractivity contribution in [2.75, 3.05) is 13.1 Å². The van der Waals surface area contributed by atoms with Gasteiger partial charge in [-0.05, 0) is 34.8 Å². The van der Waals surface area contributed by atoms with E-state index >= 15 is 0 Å². The largest absolute Gasteiger partial charge is 0.481 e. The number of amides is 1. The third-order valence-corrected chi connectivity index (χ3v) is 5.73. The monoisotopic (exact) mass is 378 g/mol. The molecule has 1 fully saturated rings. The van der Waals surface area contributed by atoms with Crippen LogP contribution in [0.5, 0.6) is 0 Å². The van der Waals surface area contributed by atoms with E-state index in [0.717, 1.165) is 21.1 Å². The van der Waals surface area contributed by atoms with Gasteiger partial charge >= 0.3 is 5.97 Å². The number of benzene rings is 1. The molecule has 0 aliphatic carbocycles. The zero-order chi connectivity index (χ0) is 16.7. The number of carboxylic acid groups (broad SMARTS) is 1. The molecule has 1 aliphatic heterocycles. The first-order valence-corrected chi connectivity index (χ1v) is 8.43. The van der Waals surface area contributed by atoms with Gasteiger partial charge in [-0.25, -0.2) is 0 Å². The maximum absolute atomic E-state index is 12.6. The average Bonchev–Trinajstić information content (AvgIpc) is 3.02. The van der Waals surface area contributed by atoms with E-state index in [9.17, 15) is 14.7 Å². The minimum Gasteiger partial charge on any atom is -0.481 e. The van der Waals surface area contributed by atoms with Gasteiger partial charge in [0.05, 0.1) is 5.92 Å². The highest BCUT2D eigenvalue weighted by molar-refractivity contribution is 9.10. The highest BCUT2D eigenvalue weighted by Crippen LogP contribution is 2.31. The molecule has 5 nitrogen and oxygen atoms in total. The fourth-order valence-corrected chi connectivity index (χ4v) is 3.87. The van der Waals surface area contributed by atoms with Crippen LogP contribution in [-0.4, -0.2) is 39.5 Å². The number of carbonyl (C=O) groups excluding carboxylic acids is 1. The molecule has 1 aliphatic rings. The number of para-hydroxylation sites is 1. The van der Waals surface area contributed by atoms with Crippen molar-refractivity contribution in [3.05, 3.63) is 34.4 Å². The summed E-state index contributed by atoms with van der Waals surface area (Å²) in [7, 11) is 0. The molecule has 2 heterocycles. The molecule has 1 saturated heterocycles. The van der Waals surface area contributed by atoms with Crippen LogP contribution < -0.4 is 0 Å². The lowest BCUT2D eigenvalue weighted by atomic mass is 9.99. The number of likely N-dealkylation sites (tertiary alicyclic amines) is 1. The van der Waals surface area contributed by atoms with Crippen molar-refractivity contribution in [1.82, 2.24) is 9.47 Å². The number of fused-ring (bicyclic) bond motifs is 1. The number of halogens is 1. The lowest BCUT2D eigenvalue weighted by Crippen LogP contribution is -2.33. The van der Waals surface area contributed by atoms with E-state index in [1.54, 1.807) is 4.90 Å². The Kier molecular flexibility index (Phi) is 4.19. The first-order chi connectivity index (χ1) is 10.9. The van der Waals surface area contributed by atoms with E-state index < -0.39 is 11.9 Å². The van der Waals surface area contributed by atoms with Crippen LogP contribution in [0, 0.1) is 18.8 Å². The number of nitrogens with zero attached hydrogens (tertiary/aromatic N) is 2. The minimum absolute atomic E-state index is 0.00862. The summed E-state index contributed by atoms with van der Waals surface area (Å²) in [6, 6.07) is 7.94. The van der Waals surface area contributed by atoms with Gasteiger partial charge in [0.25, 0.3) is 0 Å². The van der Waals surface area contributed by atoms with Gasteiger partial charge in [-0.3, -0.25) is 9.59 Å². The van der Waals surface area contributed by atoms with Gasteiger partial charge in [0.2, 0.25) is 5.91 Å². The third kappa shape index (κ3) is 2.76. The molecule has 1 aromatic heterocycles. The molecule has 2 aromatic rings. The van der Waals surface area contributed by atoms with Crippen molar-refractivity contribution >= 4 is 38.7 Å². The van der Waals surface area contributed by atoms with Gasteiger partial charge < -0.3 is 14.6 Å². The molecule has 1 amide bonds. The molecule has 23 heavy (non-hydrogen) atoms. The highest BCUT2D eigenvalue weighted by Gasteiger charge is 2.37. The molecule has 6 heteroatoms. The number of aromatic nitrogens is 1. The summed E-state index contributed by atoms with van der Waals surface area (Å²) < 4.78 is 2.99. The Morgan fingerprint density at radius 2 is 2.00 bits per heavy atom. The van der Waals surface area contributed by atoms with Gasteiger partial charge in [-0.2, -0.15) is 0 Å². The van der Waals surface area contributed by atoms with E-state index in [1.807, 2.05) is 42.7 Å². The zero-order valence-corrected chi connectivity index (χ0v) is 14.7. The molecule has 0 bridgehead atoms. The number of aliphatic carboxylic acids is 1. The molecular formula is C17H19BrN2O3. The fourth-order valence-electron chi connectivity index (χ4n) is 3.32. The number of hydrogen-bond acceptors (Lipinski definition) is 2. The number of hydrogen-bond donors (Lipinski definition) is 1. The first kappa shape index (κ1) is 16.1. The van der Waals surface area contributed by atoms with Crippen LogP contribution in [-0.2, 0) is 16.1 Å². The van der Waals surface area contributed by atoms with Crippen LogP contribution in [0.4, 0.5) is 0 Å². The van der Waals surface area contributed by atoms with E-state index in [-0.39, 0.29) is 18.4 Å². The van der Waals surface area contributed by atoms with Crippen LogP contribution in [0.1, 0.15) is 12.6 Å². The van der Waals surface area contributed by atoms with E-state index in [4.69, 9.17) is 0 Å². The molecule has 0 radical (unpaired) electrons. The standard InChI is InChI=1S/C17H19BrN2O3/c1-10-7-19(8-13(10)17(22)23)15(21)9-20-11(2)16(18)12-5-3-4-6-14(12)20/h3-6,10,13H,7-9H2,1-2H3,(H,22,23)/t10-,13-/m1/s1. The second-order valence-electron chi connectivity index (χ2n) is 6.22. The van der Waals surface area contributed by atoms with E-state index in [1.165, 1.54) is 0 Å². The Morgan fingerprint density at radius 3 is 2.65 bits per heavy atom. The minimum atomic E-state index is -0.821. The third-order valence-electron chi connectivity index (χ3n) is 4.73. The van der Waals surface area contributed by atoms with Crippen molar-refractivity contribution in [3.8, 4) is 0 Å². The number of carboxylic acids is 1. The van der Waals surface area contributed by atoms with Gasteiger partial charge in [-0.15, -0.1) is 0 Å². The fraction of sp³-hybridized carbons (Fsp3) is 0.412. The Hall–Kier alpha value is -1.82. The van der Waals surface area contributed by atoms with Gasteiger partial charge in [0, 0.05) is 34.2 Å². The van der Waals surface area contributed by atoms with Crippen molar-refractivity contribution in [1.29, 1.82) is 0 Å². The lowest BCUT2D eigenvalue weighted by molar-refractivity contribution is -0.142. The Bertz CT molecular complexity index is 783. The van der Waals surface area contributed by atoms with Crippen LogP contribution in [0.25, 0.3) is 10.9 Å². The quantitative estimate of drug-likeness (QED) is 0.892. The van der Waals surface area contributed by atoms with Crippen molar-refractivity contribution < 1.29 is 14.7 Å². The summed E-state index contributed by atoms with van der Waals surface area (Å²) in [5.41, 5.74) is 2.01. The highest BCUT2D eigenvalue weighted by atomic mass is 79.9. The summed E-state index contributed by atoms with van der Waals surface area (Å²) in [5.74, 6) is -1.33. The molecule has 122 valence electrons. The van der Waals surface area contributed by atoms with Crippen LogP contribution in [0.2, 0.25) is 0 Å². The predicted octanol–water partition coefficient (Wildman–Crippen LogP) is 2.89. The molecular weight excluding hydrogens is 360 g/mol. The van der Waals surface area contributed by atoms with Crippen LogP contribution in [0.15, 0.2) is 28.7 Å². The molecule has 2 atom stereocenters. The summed E-state index contributed by atoms with van der Waals surface area (Å²) in [4.78, 5) is 25.5. The van der Waals surface area contributed by atoms with Gasteiger partial charge in [0.15, 0.2) is 0 Å². The molecule has 0 saturated carbocycles.